The molecule has 0 aliphatic carbocycles. The molecule has 1 atom stereocenters. The van der Waals surface area contributed by atoms with Crippen molar-refractivity contribution in [1.29, 1.82) is 0 Å². The minimum Gasteiger partial charge on any atom is -0.369 e. The van der Waals surface area contributed by atoms with Gasteiger partial charge in [0.25, 0.3) is 0 Å². The zero-order valence-corrected chi connectivity index (χ0v) is 13.1. The molecule has 1 aromatic carbocycles. The average Bonchev–Trinajstić information content (AvgIpc) is 2.49. The maximum atomic E-state index is 12.6. The Balaban J connectivity index is 2.31. The summed E-state index contributed by atoms with van der Waals surface area (Å²) in [5.41, 5.74) is -0.152. The van der Waals surface area contributed by atoms with Crippen molar-refractivity contribution in [1.82, 2.24) is 0 Å². The zero-order valence-electron chi connectivity index (χ0n) is 11.6. The van der Waals surface area contributed by atoms with Crippen LogP contribution in [0.15, 0.2) is 18.2 Å². The van der Waals surface area contributed by atoms with E-state index in [1.165, 1.54) is 0 Å². The molecule has 2 nitrogen and oxygen atoms in total. The minimum atomic E-state index is -0.466. The first-order valence-electron chi connectivity index (χ1n) is 6.32. The fourth-order valence-corrected chi connectivity index (χ4v) is 3.12. The van der Waals surface area contributed by atoms with Crippen molar-refractivity contribution < 1.29 is 9.53 Å². The normalized spacial score (nSPS) is 24.4. The van der Waals surface area contributed by atoms with Crippen LogP contribution in [0.5, 0.6) is 0 Å². The van der Waals surface area contributed by atoms with E-state index in [4.69, 9.17) is 27.9 Å². The first-order valence-corrected chi connectivity index (χ1v) is 7.07. The fraction of sp³-hybridized carbons (Fsp3) is 0.533. The lowest BCUT2D eigenvalue weighted by molar-refractivity contribution is -0.0712. The second-order valence-electron chi connectivity index (χ2n) is 6.22. The number of benzene rings is 1. The topological polar surface area (TPSA) is 26.3 Å². The lowest BCUT2D eigenvalue weighted by atomic mass is 9.82. The first kappa shape index (κ1) is 14.8. The van der Waals surface area contributed by atoms with Gasteiger partial charge < -0.3 is 4.74 Å². The van der Waals surface area contributed by atoms with E-state index in [0.717, 1.165) is 0 Å². The predicted molar refractivity (Wildman–Crippen MR) is 78.1 cm³/mol. The highest BCUT2D eigenvalue weighted by Crippen LogP contribution is 2.43. The minimum absolute atomic E-state index is 0.0640. The van der Waals surface area contributed by atoms with Crippen molar-refractivity contribution in [3.63, 3.8) is 0 Å². The van der Waals surface area contributed by atoms with Gasteiger partial charge in [-0.25, -0.2) is 0 Å². The number of hydrogen-bond donors (Lipinski definition) is 0. The Kier molecular flexibility index (Phi) is 3.72. The number of carbonyl (C=O) groups excluding carboxylic acids is 1. The van der Waals surface area contributed by atoms with Gasteiger partial charge in [-0.1, -0.05) is 23.2 Å². The van der Waals surface area contributed by atoms with E-state index in [1.807, 2.05) is 27.7 Å². The molecule has 1 heterocycles. The Morgan fingerprint density at radius 3 is 2.32 bits per heavy atom. The molecule has 4 heteroatoms. The summed E-state index contributed by atoms with van der Waals surface area (Å²) in [5, 5.41) is 0.865. The molecule has 1 aromatic rings. The maximum Gasteiger partial charge on any atom is 0.168 e. The molecule has 0 saturated carbocycles. The number of hydrogen-bond acceptors (Lipinski definition) is 2. The van der Waals surface area contributed by atoms with Crippen LogP contribution < -0.4 is 0 Å². The first-order chi connectivity index (χ1) is 8.62. The molecular formula is C15H18Cl2O2. The summed E-state index contributed by atoms with van der Waals surface area (Å²) in [6, 6.07) is 5.01. The van der Waals surface area contributed by atoms with E-state index in [1.54, 1.807) is 18.2 Å². The highest BCUT2D eigenvalue weighted by atomic mass is 35.5. The maximum absolute atomic E-state index is 12.6. The summed E-state index contributed by atoms with van der Waals surface area (Å²) >= 11 is 11.9. The molecule has 1 unspecified atom stereocenters. The monoisotopic (exact) mass is 300 g/mol. The lowest BCUT2D eigenvalue weighted by Crippen LogP contribution is -2.33. The molecule has 0 radical (unpaired) electrons. The Morgan fingerprint density at radius 1 is 1.21 bits per heavy atom. The summed E-state index contributed by atoms with van der Waals surface area (Å²) in [6.07, 6.45) is 0.707. The van der Waals surface area contributed by atoms with Crippen LogP contribution in [0.25, 0.3) is 0 Å². The molecule has 104 valence electrons. The van der Waals surface area contributed by atoms with Crippen LogP contribution >= 0.6 is 23.2 Å². The van der Waals surface area contributed by atoms with Crippen LogP contribution in [0.1, 0.15) is 44.5 Å². The molecule has 0 amide bonds. The largest absolute Gasteiger partial charge is 0.369 e. The van der Waals surface area contributed by atoms with E-state index in [9.17, 15) is 4.79 Å². The highest BCUT2D eigenvalue weighted by molar-refractivity contribution is 6.42. The van der Waals surface area contributed by atoms with Gasteiger partial charge >= 0.3 is 0 Å². The summed E-state index contributed by atoms with van der Waals surface area (Å²) in [7, 11) is 0. The van der Waals surface area contributed by atoms with Crippen LogP contribution in [0.4, 0.5) is 0 Å². The fourth-order valence-electron chi connectivity index (χ4n) is 2.82. The van der Waals surface area contributed by atoms with Gasteiger partial charge in [0.05, 0.1) is 27.2 Å². The van der Waals surface area contributed by atoms with Crippen LogP contribution in [0.2, 0.25) is 10.0 Å². The Labute approximate surface area is 124 Å². The third-order valence-electron chi connectivity index (χ3n) is 3.59. The Bertz CT molecular complexity index is 521. The van der Waals surface area contributed by atoms with Crippen molar-refractivity contribution in [2.45, 2.75) is 45.3 Å². The van der Waals surface area contributed by atoms with Gasteiger partial charge in [-0.15, -0.1) is 0 Å². The van der Waals surface area contributed by atoms with Gasteiger partial charge in [-0.2, -0.15) is 0 Å². The van der Waals surface area contributed by atoms with Gasteiger partial charge in [0.1, 0.15) is 0 Å². The standard InChI is InChI=1S/C15H18Cl2O2/c1-14(2)8-10(15(3,4)19-14)13(18)9-5-6-11(16)12(17)7-9/h5-7,10H,8H2,1-4H3. The highest BCUT2D eigenvalue weighted by Gasteiger charge is 2.49. The quantitative estimate of drug-likeness (QED) is 0.735. The van der Waals surface area contributed by atoms with Gasteiger partial charge in [0.2, 0.25) is 0 Å². The second-order valence-corrected chi connectivity index (χ2v) is 7.03. The SMILES string of the molecule is CC1(C)CC(C(=O)c2ccc(Cl)c(Cl)c2)C(C)(C)O1. The number of halogens is 2. The molecule has 1 aliphatic rings. The van der Waals surface area contributed by atoms with Crippen molar-refractivity contribution in [3.8, 4) is 0 Å². The van der Waals surface area contributed by atoms with Gasteiger partial charge in [0.15, 0.2) is 5.78 Å². The molecule has 2 rings (SSSR count). The third-order valence-corrected chi connectivity index (χ3v) is 4.33. The van der Waals surface area contributed by atoms with Crippen LogP contribution in [0, 0.1) is 5.92 Å². The zero-order chi connectivity index (χ0) is 14.4. The molecule has 0 N–H and O–H groups in total. The molecule has 1 fully saturated rings. The number of rotatable bonds is 2. The van der Waals surface area contributed by atoms with Gasteiger partial charge in [-0.3, -0.25) is 4.79 Å². The third kappa shape index (κ3) is 2.96. The number of ketones is 1. The van der Waals surface area contributed by atoms with Crippen LogP contribution in [-0.4, -0.2) is 17.0 Å². The van der Waals surface area contributed by atoms with E-state index < -0.39 is 5.60 Å². The van der Waals surface area contributed by atoms with Gasteiger partial charge in [-0.05, 0) is 52.3 Å². The van der Waals surface area contributed by atoms with E-state index >= 15 is 0 Å². The van der Waals surface area contributed by atoms with Crippen LogP contribution in [0.3, 0.4) is 0 Å². The van der Waals surface area contributed by atoms with E-state index in [2.05, 4.69) is 0 Å². The Morgan fingerprint density at radius 2 is 1.84 bits per heavy atom. The lowest BCUT2D eigenvalue weighted by Gasteiger charge is -2.26. The second kappa shape index (κ2) is 4.76. The molecule has 1 aliphatic heterocycles. The van der Waals surface area contributed by atoms with Crippen LogP contribution in [-0.2, 0) is 4.74 Å². The predicted octanol–water partition coefficient (Wildman–Crippen LogP) is 4.77. The van der Waals surface area contributed by atoms with Crippen molar-refractivity contribution in [2.24, 2.45) is 5.92 Å². The van der Waals surface area contributed by atoms with Crippen molar-refractivity contribution >= 4 is 29.0 Å². The summed E-state index contributed by atoms with van der Waals surface area (Å²) in [6.45, 7) is 7.94. The molecule has 0 bridgehead atoms. The smallest absolute Gasteiger partial charge is 0.168 e. The van der Waals surface area contributed by atoms with Crippen molar-refractivity contribution in [3.05, 3.63) is 33.8 Å². The number of carbonyl (C=O) groups is 1. The molecule has 19 heavy (non-hydrogen) atoms. The molecule has 0 spiro atoms. The summed E-state index contributed by atoms with van der Waals surface area (Å²) < 4.78 is 5.97. The number of ether oxygens (including phenoxy) is 1. The summed E-state index contributed by atoms with van der Waals surface area (Å²) in [4.78, 5) is 12.6. The van der Waals surface area contributed by atoms with Crippen molar-refractivity contribution in [2.75, 3.05) is 0 Å². The van der Waals surface area contributed by atoms with E-state index in [0.29, 0.717) is 22.0 Å². The number of Topliss-reactive ketones (excluding diaryl/α,β-unsaturated/α-hetero) is 1. The average molecular weight is 301 g/mol. The molecule has 0 aromatic heterocycles. The van der Waals surface area contributed by atoms with E-state index in [-0.39, 0.29) is 17.3 Å². The molecular weight excluding hydrogens is 283 g/mol. The Hall–Kier alpha value is -0.570. The summed E-state index contributed by atoms with van der Waals surface area (Å²) in [5.74, 6) is -0.103. The molecule has 1 saturated heterocycles. The van der Waals surface area contributed by atoms with Gasteiger partial charge in [0, 0.05) is 5.56 Å².